The maximum Gasteiger partial charge on any atom is 0.175 e. The minimum absolute atomic E-state index is 0.0663. The largest absolute Gasteiger partial charge is 0.488 e. The van der Waals surface area contributed by atoms with Crippen molar-refractivity contribution in [1.82, 2.24) is 0 Å². The molecule has 0 radical (unpaired) electrons. The molecule has 1 aromatic heterocycles. The SMILES string of the molecule is CCCCCCC1(CCCCCC)COc2c(C(C)(C)C)sc(C(C)(C)C)c2OC1. The minimum Gasteiger partial charge on any atom is -0.488 e. The molecule has 0 spiro atoms. The molecule has 1 aromatic rings. The number of thiophene rings is 1. The Morgan fingerprint density at radius 3 is 1.40 bits per heavy atom. The zero-order valence-electron chi connectivity index (χ0n) is 21.2. The number of fused-ring (bicyclic) bond motifs is 1. The zero-order chi connectivity index (χ0) is 22.4. The molecule has 0 N–H and O–H groups in total. The normalized spacial score (nSPS) is 16.5. The molecule has 30 heavy (non-hydrogen) atoms. The van der Waals surface area contributed by atoms with Crippen molar-refractivity contribution in [1.29, 1.82) is 0 Å². The third-order valence-corrected chi connectivity index (χ3v) is 8.36. The van der Waals surface area contributed by atoms with Crippen LogP contribution in [0.4, 0.5) is 0 Å². The quantitative estimate of drug-likeness (QED) is 0.340. The molecule has 0 saturated heterocycles. The van der Waals surface area contributed by atoms with E-state index >= 15 is 0 Å². The van der Waals surface area contributed by atoms with Crippen molar-refractivity contribution >= 4 is 11.3 Å². The molecule has 0 amide bonds. The highest BCUT2D eigenvalue weighted by Gasteiger charge is 2.40. The Balaban J connectivity index is 2.28. The topological polar surface area (TPSA) is 18.5 Å². The Bertz CT molecular complexity index is 591. The second-order valence-electron chi connectivity index (χ2n) is 11.6. The molecule has 0 unspecified atom stereocenters. The molecule has 1 aliphatic rings. The van der Waals surface area contributed by atoms with Crippen LogP contribution in [0.3, 0.4) is 0 Å². The Morgan fingerprint density at radius 2 is 1.07 bits per heavy atom. The van der Waals surface area contributed by atoms with Crippen molar-refractivity contribution in [3.63, 3.8) is 0 Å². The Hall–Kier alpha value is -0.700. The van der Waals surface area contributed by atoms with E-state index in [1.165, 1.54) is 74.0 Å². The van der Waals surface area contributed by atoms with Crippen molar-refractivity contribution in [3.05, 3.63) is 9.75 Å². The molecule has 2 nitrogen and oxygen atoms in total. The van der Waals surface area contributed by atoms with E-state index in [0.29, 0.717) is 0 Å². The molecule has 0 aromatic carbocycles. The molecule has 1 aliphatic heterocycles. The fourth-order valence-electron chi connectivity index (χ4n) is 4.41. The number of hydrogen-bond acceptors (Lipinski definition) is 3. The van der Waals surface area contributed by atoms with E-state index in [1.807, 2.05) is 11.3 Å². The Morgan fingerprint density at radius 1 is 0.667 bits per heavy atom. The van der Waals surface area contributed by atoms with Gasteiger partial charge in [-0.25, -0.2) is 0 Å². The molecular weight excluding hydrogens is 388 g/mol. The van der Waals surface area contributed by atoms with E-state index in [1.54, 1.807) is 0 Å². The summed E-state index contributed by atoms with van der Waals surface area (Å²) in [6.07, 6.45) is 12.9. The monoisotopic (exact) mass is 436 g/mol. The number of ether oxygens (including phenoxy) is 2. The van der Waals surface area contributed by atoms with E-state index < -0.39 is 0 Å². The minimum atomic E-state index is 0.0663. The van der Waals surface area contributed by atoms with Gasteiger partial charge in [0.2, 0.25) is 0 Å². The molecule has 0 atom stereocenters. The fourth-order valence-corrected chi connectivity index (χ4v) is 5.72. The van der Waals surface area contributed by atoms with Gasteiger partial charge >= 0.3 is 0 Å². The predicted octanol–water partition coefficient (Wildman–Crippen LogP) is 9.04. The van der Waals surface area contributed by atoms with E-state index in [0.717, 1.165) is 24.7 Å². The third kappa shape index (κ3) is 6.65. The molecule has 0 aliphatic carbocycles. The Labute approximate surface area is 191 Å². The van der Waals surface area contributed by atoms with Crippen LogP contribution in [0.15, 0.2) is 0 Å². The highest BCUT2D eigenvalue weighted by Crippen LogP contribution is 2.54. The summed E-state index contributed by atoms with van der Waals surface area (Å²) < 4.78 is 13.4. The lowest BCUT2D eigenvalue weighted by atomic mass is 9.79. The van der Waals surface area contributed by atoms with Gasteiger partial charge < -0.3 is 9.47 Å². The first kappa shape index (κ1) is 25.6. The van der Waals surface area contributed by atoms with Crippen LogP contribution in [0.5, 0.6) is 11.5 Å². The van der Waals surface area contributed by atoms with Crippen LogP contribution in [0.2, 0.25) is 0 Å². The first-order valence-electron chi connectivity index (χ1n) is 12.5. The van der Waals surface area contributed by atoms with Gasteiger partial charge in [-0.15, -0.1) is 11.3 Å². The number of rotatable bonds is 10. The summed E-state index contributed by atoms with van der Waals surface area (Å²) in [6.45, 7) is 20.0. The second-order valence-corrected chi connectivity index (χ2v) is 12.6. The predicted molar refractivity (Wildman–Crippen MR) is 133 cm³/mol. The van der Waals surface area contributed by atoms with Gasteiger partial charge in [-0.1, -0.05) is 107 Å². The van der Waals surface area contributed by atoms with Gasteiger partial charge in [0.25, 0.3) is 0 Å². The van der Waals surface area contributed by atoms with Crippen LogP contribution < -0.4 is 9.47 Å². The summed E-state index contributed by atoms with van der Waals surface area (Å²) in [5.41, 5.74) is 0.288. The van der Waals surface area contributed by atoms with Crippen LogP contribution >= 0.6 is 11.3 Å². The number of unbranched alkanes of at least 4 members (excludes halogenated alkanes) is 6. The van der Waals surface area contributed by atoms with Crippen molar-refractivity contribution < 1.29 is 9.47 Å². The molecule has 0 bridgehead atoms. The maximum atomic E-state index is 6.70. The Kier molecular flexibility index (Phi) is 9.16. The maximum absolute atomic E-state index is 6.70. The van der Waals surface area contributed by atoms with Crippen LogP contribution in [0.1, 0.15) is 129 Å². The van der Waals surface area contributed by atoms with Gasteiger partial charge in [0.1, 0.15) is 0 Å². The molecule has 2 rings (SSSR count). The summed E-state index contributed by atoms with van der Waals surface area (Å²) in [7, 11) is 0. The third-order valence-electron chi connectivity index (χ3n) is 6.35. The average molecular weight is 437 g/mol. The summed E-state index contributed by atoms with van der Waals surface area (Å²) in [6, 6.07) is 0. The average Bonchev–Trinajstić information content (AvgIpc) is 2.96. The fraction of sp³-hybridized carbons (Fsp3) is 0.852. The van der Waals surface area contributed by atoms with E-state index in [4.69, 9.17) is 9.47 Å². The van der Waals surface area contributed by atoms with Gasteiger partial charge in [-0.3, -0.25) is 0 Å². The van der Waals surface area contributed by atoms with Crippen LogP contribution in [-0.4, -0.2) is 13.2 Å². The van der Waals surface area contributed by atoms with Gasteiger partial charge in [0.15, 0.2) is 11.5 Å². The van der Waals surface area contributed by atoms with Crippen molar-refractivity contribution in [2.24, 2.45) is 5.41 Å². The molecule has 0 saturated carbocycles. The van der Waals surface area contributed by atoms with Crippen molar-refractivity contribution in [2.45, 2.75) is 130 Å². The van der Waals surface area contributed by atoms with Gasteiger partial charge in [0, 0.05) is 16.2 Å². The van der Waals surface area contributed by atoms with Crippen LogP contribution in [-0.2, 0) is 10.8 Å². The lowest BCUT2D eigenvalue weighted by molar-refractivity contribution is 0.0774. The van der Waals surface area contributed by atoms with Gasteiger partial charge in [-0.05, 0) is 12.8 Å². The summed E-state index contributed by atoms with van der Waals surface area (Å²) in [4.78, 5) is 2.69. The van der Waals surface area contributed by atoms with Gasteiger partial charge in [-0.2, -0.15) is 0 Å². The second kappa shape index (κ2) is 10.7. The standard InChI is InChI=1S/C27H48O2S/c1-9-11-13-15-17-27(18-16-14-12-10-2)19-28-21-22(29-20-27)24(26(6,7)8)30-23(21)25(3,4)5/h9-20H2,1-8H3. The molecular formula is C27H48O2S. The van der Waals surface area contributed by atoms with Crippen molar-refractivity contribution in [2.75, 3.05) is 13.2 Å². The van der Waals surface area contributed by atoms with Crippen molar-refractivity contribution in [3.8, 4) is 11.5 Å². The lowest BCUT2D eigenvalue weighted by Crippen LogP contribution is -2.34. The smallest absolute Gasteiger partial charge is 0.175 e. The summed E-state index contributed by atoms with van der Waals surface area (Å²) >= 11 is 1.90. The highest BCUT2D eigenvalue weighted by atomic mass is 32.1. The first-order chi connectivity index (χ1) is 14.0. The van der Waals surface area contributed by atoms with Crippen LogP contribution in [0.25, 0.3) is 0 Å². The van der Waals surface area contributed by atoms with E-state index in [9.17, 15) is 0 Å². The first-order valence-corrected chi connectivity index (χ1v) is 13.3. The van der Waals surface area contributed by atoms with E-state index in [2.05, 4.69) is 55.4 Å². The molecule has 174 valence electrons. The molecule has 0 fully saturated rings. The lowest BCUT2D eigenvalue weighted by Gasteiger charge is -2.32. The summed E-state index contributed by atoms with van der Waals surface area (Å²) in [5, 5.41) is 0. The summed E-state index contributed by atoms with van der Waals surface area (Å²) in [5.74, 6) is 2.09. The molecule has 2 heterocycles. The zero-order valence-corrected chi connectivity index (χ0v) is 22.0. The van der Waals surface area contributed by atoms with Crippen LogP contribution in [0, 0.1) is 5.41 Å². The molecule has 3 heteroatoms. The van der Waals surface area contributed by atoms with Gasteiger partial charge in [0.05, 0.1) is 23.0 Å². The highest BCUT2D eigenvalue weighted by molar-refractivity contribution is 7.13. The number of hydrogen-bond donors (Lipinski definition) is 0. The van der Waals surface area contributed by atoms with E-state index in [-0.39, 0.29) is 16.2 Å².